The largest absolute Gasteiger partial charge is 0.360 e. The number of carbonyl (C=O) groups is 1. The first-order valence-electron chi connectivity index (χ1n) is 8.34. The molecule has 126 valence electrons. The van der Waals surface area contributed by atoms with Crippen LogP contribution in [0.25, 0.3) is 0 Å². The second kappa shape index (κ2) is 8.32. The van der Waals surface area contributed by atoms with Crippen LogP contribution in [-0.2, 0) is 6.42 Å². The molecule has 0 spiro atoms. The number of rotatable bonds is 9. The monoisotopic (exact) mass is 309 g/mol. The van der Waals surface area contributed by atoms with E-state index in [1.54, 1.807) is 0 Å². The van der Waals surface area contributed by atoms with Crippen LogP contribution in [-0.4, -0.2) is 41.6 Å². The second-order valence-corrected chi connectivity index (χ2v) is 6.24. The maximum atomic E-state index is 12.3. The van der Waals surface area contributed by atoms with E-state index in [9.17, 15) is 4.79 Å². The molecule has 0 radical (unpaired) electrons. The van der Waals surface area contributed by atoms with Gasteiger partial charge in [0, 0.05) is 24.1 Å². The van der Waals surface area contributed by atoms with Gasteiger partial charge in [-0.2, -0.15) is 0 Å². The number of aryl methyl sites for hydroxylation is 1. The van der Waals surface area contributed by atoms with Crippen molar-refractivity contribution in [2.45, 2.75) is 65.8 Å². The van der Waals surface area contributed by atoms with Crippen molar-refractivity contribution in [2.75, 3.05) is 20.1 Å². The standard InChI is InChI=1S/C17H31N3O2/c1-7-10-11-20(6)17(5,9-3)12-18-16(21)15-13(4)14(8-2)22-19-15/h7-12H2,1-6H3,(H,18,21). The lowest BCUT2D eigenvalue weighted by Crippen LogP contribution is -2.52. The summed E-state index contributed by atoms with van der Waals surface area (Å²) in [4.78, 5) is 14.7. The SMILES string of the molecule is CCCCN(C)C(C)(CC)CNC(=O)c1noc(CC)c1C. The first-order chi connectivity index (χ1) is 10.4. The summed E-state index contributed by atoms with van der Waals surface area (Å²) in [6, 6.07) is 0. The van der Waals surface area contributed by atoms with Crippen molar-refractivity contribution in [3.05, 3.63) is 17.0 Å². The minimum Gasteiger partial charge on any atom is -0.360 e. The molecule has 1 amide bonds. The zero-order valence-electron chi connectivity index (χ0n) is 15.0. The fraction of sp³-hybridized carbons (Fsp3) is 0.765. The Kier molecular flexibility index (Phi) is 7.07. The first kappa shape index (κ1) is 18.7. The van der Waals surface area contributed by atoms with E-state index >= 15 is 0 Å². The summed E-state index contributed by atoms with van der Waals surface area (Å²) >= 11 is 0. The van der Waals surface area contributed by atoms with Gasteiger partial charge in [-0.05, 0) is 40.3 Å². The van der Waals surface area contributed by atoms with Gasteiger partial charge < -0.3 is 9.84 Å². The average Bonchev–Trinajstić information content (AvgIpc) is 2.90. The molecule has 22 heavy (non-hydrogen) atoms. The van der Waals surface area contributed by atoms with Gasteiger partial charge in [0.05, 0.1) is 0 Å². The van der Waals surface area contributed by atoms with Crippen LogP contribution in [0.15, 0.2) is 4.52 Å². The van der Waals surface area contributed by atoms with E-state index in [1.165, 1.54) is 12.8 Å². The zero-order chi connectivity index (χ0) is 16.8. The van der Waals surface area contributed by atoms with Gasteiger partial charge in [-0.1, -0.05) is 32.3 Å². The lowest BCUT2D eigenvalue weighted by molar-refractivity contribution is 0.0867. The van der Waals surface area contributed by atoms with Crippen LogP contribution < -0.4 is 5.32 Å². The van der Waals surface area contributed by atoms with Gasteiger partial charge in [0.15, 0.2) is 5.69 Å². The zero-order valence-corrected chi connectivity index (χ0v) is 15.0. The first-order valence-corrected chi connectivity index (χ1v) is 8.34. The highest BCUT2D eigenvalue weighted by atomic mass is 16.5. The highest BCUT2D eigenvalue weighted by Crippen LogP contribution is 2.18. The van der Waals surface area contributed by atoms with Gasteiger partial charge in [-0.25, -0.2) is 0 Å². The number of likely N-dealkylation sites (N-methyl/N-ethyl adjacent to an activating group) is 1. The highest BCUT2D eigenvalue weighted by molar-refractivity contribution is 5.93. The number of nitrogens with one attached hydrogen (secondary N) is 1. The summed E-state index contributed by atoms with van der Waals surface area (Å²) in [7, 11) is 2.13. The number of aromatic nitrogens is 1. The number of amides is 1. The molecule has 1 unspecified atom stereocenters. The van der Waals surface area contributed by atoms with E-state index in [0.717, 1.165) is 30.7 Å². The maximum absolute atomic E-state index is 12.3. The molecule has 1 rings (SSSR count). The van der Waals surface area contributed by atoms with E-state index in [0.29, 0.717) is 12.2 Å². The van der Waals surface area contributed by atoms with Gasteiger partial charge in [0.1, 0.15) is 5.76 Å². The maximum Gasteiger partial charge on any atom is 0.273 e. The average molecular weight is 309 g/mol. The molecule has 1 aromatic heterocycles. The van der Waals surface area contributed by atoms with Crippen molar-refractivity contribution >= 4 is 5.91 Å². The number of unbranched alkanes of at least 4 members (excludes halogenated alkanes) is 1. The Morgan fingerprint density at radius 3 is 2.55 bits per heavy atom. The molecule has 0 aliphatic rings. The van der Waals surface area contributed by atoms with Gasteiger partial charge in [0.25, 0.3) is 5.91 Å². The summed E-state index contributed by atoms with van der Waals surface area (Å²) < 4.78 is 5.20. The van der Waals surface area contributed by atoms with E-state index in [-0.39, 0.29) is 11.4 Å². The van der Waals surface area contributed by atoms with Gasteiger partial charge in [-0.3, -0.25) is 9.69 Å². The number of nitrogens with zero attached hydrogens (tertiary/aromatic N) is 2. The summed E-state index contributed by atoms with van der Waals surface area (Å²) in [5.74, 6) is 0.632. The Bertz CT molecular complexity index is 484. The summed E-state index contributed by atoms with van der Waals surface area (Å²) in [5, 5.41) is 6.93. The lowest BCUT2D eigenvalue weighted by atomic mass is 9.96. The van der Waals surface area contributed by atoms with Crippen molar-refractivity contribution in [3.63, 3.8) is 0 Å². The molecule has 1 heterocycles. The molecular weight excluding hydrogens is 278 g/mol. The molecule has 0 saturated carbocycles. The molecule has 0 aliphatic heterocycles. The van der Waals surface area contributed by atoms with Crippen LogP contribution in [0.2, 0.25) is 0 Å². The third kappa shape index (κ3) is 4.32. The summed E-state index contributed by atoms with van der Waals surface area (Å²) in [5.41, 5.74) is 1.21. The Hall–Kier alpha value is -1.36. The molecule has 1 N–H and O–H groups in total. The van der Waals surface area contributed by atoms with Crippen molar-refractivity contribution in [1.29, 1.82) is 0 Å². The predicted molar refractivity (Wildman–Crippen MR) is 89.2 cm³/mol. The van der Waals surface area contributed by atoms with Crippen LogP contribution in [0.3, 0.4) is 0 Å². The normalized spacial score (nSPS) is 14.1. The Labute approximate surface area is 134 Å². The third-order valence-corrected chi connectivity index (χ3v) is 4.72. The number of hydrogen-bond acceptors (Lipinski definition) is 4. The molecular formula is C17H31N3O2. The lowest BCUT2D eigenvalue weighted by Gasteiger charge is -2.38. The van der Waals surface area contributed by atoms with E-state index in [1.807, 2.05) is 13.8 Å². The van der Waals surface area contributed by atoms with E-state index in [4.69, 9.17) is 4.52 Å². The molecule has 0 aliphatic carbocycles. The topological polar surface area (TPSA) is 58.4 Å². The molecule has 5 heteroatoms. The smallest absolute Gasteiger partial charge is 0.273 e. The summed E-state index contributed by atoms with van der Waals surface area (Å²) in [6.07, 6.45) is 4.07. The predicted octanol–water partition coefficient (Wildman–Crippen LogP) is 3.18. The van der Waals surface area contributed by atoms with Gasteiger partial charge in [-0.15, -0.1) is 0 Å². The quantitative estimate of drug-likeness (QED) is 0.761. The molecule has 0 fully saturated rings. The molecule has 0 bridgehead atoms. The molecule has 0 saturated heterocycles. The number of carbonyl (C=O) groups excluding carboxylic acids is 1. The second-order valence-electron chi connectivity index (χ2n) is 6.24. The van der Waals surface area contributed by atoms with Crippen molar-refractivity contribution in [3.8, 4) is 0 Å². The van der Waals surface area contributed by atoms with Gasteiger partial charge >= 0.3 is 0 Å². The van der Waals surface area contributed by atoms with Crippen LogP contribution in [0.4, 0.5) is 0 Å². The molecule has 1 atom stereocenters. The van der Waals surface area contributed by atoms with Crippen LogP contribution in [0, 0.1) is 6.92 Å². The Balaban J connectivity index is 2.68. The van der Waals surface area contributed by atoms with E-state index in [2.05, 4.69) is 43.2 Å². The Morgan fingerprint density at radius 1 is 1.36 bits per heavy atom. The van der Waals surface area contributed by atoms with E-state index < -0.39 is 0 Å². The molecule has 5 nitrogen and oxygen atoms in total. The Morgan fingerprint density at radius 2 is 2.05 bits per heavy atom. The minimum absolute atomic E-state index is 0.0456. The third-order valence-electron chi connectivity index (χ3n) is 4.72. The molecule has 0 aromatic carbocycles. The van der Waals surface area contributed by atoms with Crippen molar-refractivity contribution < 1.29 is 9.32 Å². The van der Waals surface area contributed by atoms with Crippen LogP contribution >= 0.6 is 0 Å². The van der Waals surface area contributed by atoms with Crippen molar-refractivity contribution in [2.24, 2.45) is 0 Å². The van der Waals surface area contributed by atoms with Crippen LogP contribution in [0.5, 0.6) is 0 Å². The van der Waals surface area contributed by atoms with Crippen LogP contribution in [0.1, 0.15) is 68.8 Å². The van der Waals surface area contributed by atoms with Gasteiger partial charge in [0.2, 0.25) is 0 Å². The summed E-state index contributed by atoms with van der Waals surface area (Å²) in [6.45, 7) is 12.1. The minimum atomic E-state index is -0.149. The molecule has 1 aromatic rings. The van der Waals surface area contributed by atoms with Crippen molar-refractivity contribution in [1.82, 2.24) is 15.4 Å². The fourth-order valence-corrected chi connectivity index (χ4v) is 2.46. The number of hydrogen-bond donors (Lipinski definition) is 1. The fourth-order valence-electron chi connectivity index (χ4n) is 2.46. The highest BCUT2D eigenvalue weighted by Gasteiger charge is 2.28.